The molecule has 5 heteroatoms. The summed E-state index contributed by atoms with van der Waals surface area (Å²) in [4.78, 5) is 4.23. The maximum absolute atomic E-state index is 12.6. The lowest BCUT2D eigenvalue weighted by molar-refractivity contribution is 0.627. The molecular weight excluding hydrogens is 314 g/mol. The van der Waals surface area contributed by atoms with Crippen molar-refractivity contribution >= 4 is 34.1 Å². The van der Waals surface area contributed by atoms with Gasteiger partial charge in [-0.15, -0.1) is 0 Å². The largest absolute Gasteiger partial charge is 0.214 e. The van der Waals surface area contributed by atoms with Crippen LogP contribution < -0.4 is 0 Å². The first-order valence-corrected chi connectivity index (χ1v) is 5.82. The Kier molecular flexibility index (Phi) is 3.07. The van der Waals surface area contributed by atoms with Crippen LogP contribution in [0.5, 0.6) is 0 Å². The molecule has 0 fully saturated rings. The molecular formula is C9H6FIN2S. The molecule has 2 rings (SSSR count). The van der Waals surface area contributed by atoms with Crippen molar-refractivity contribution in [3.8, 4) is 0 Å². The minimum atomic E-state index is -0.208. The van der Waals surface area contributed by atoms with E-state index in [2.05, 4.69) is 31.9 Å². The predicted molar refractivity (Wildman–Crippen MR) is 61.8 cm³/mol. The Balaban J connectivity index is 2.15. The van der Waals surface area contributed by atoms with E-state index in [0.29, 0.717) is 0 Å². The predicted octanol–water partition coefficient (Wildman–Crippen LogP) is 2.87. The lowest BCUT2D eigenvalue weighted by Crippen LogP contribution is -1.87. The molecule has 1 aromatic carbocycles. The lowest BCUT2D eigenvalue weighted by Gasteiger charge is -1.95. The Morgan fingerprint density at radius 3 is 2.57 bits per heavy atom. The molecule has 0 bridgehead atoms. The molecule has 0 saturated carbocycles. The molecule has 0 atom stereocenters. The Morgan fingerprint density at radius 1 is 1.29 bits per heavy atom. The number of nitrogens with zero attached hydrogens (tertiary/aromatic N) is 2. The van der Waals surface area contributed by atoms with Crippen molar-refractivity contribution in [1.29, 1.82) is 0 Å². The molecule has 1 aromatic heterocycles. The first-order valence-electron chi connectivity index (χ1n) is 3.96. The highest BCUT2D eigenvalue weighted by molar-refractivity contribution is 14.1. The minimum absolute atomic E-state index is 0.208. The molecule has 0 N–H and O–H groups in total. The van der Waals surface area contributed by atoms with Crippen LogP contribution in [-0.4, -0.2) is 9.36 Å². The number of benzene rings is 1. The van der Waals surface area contributed by atoms with Gasteiger partial charge in [0.25, 0.3) is 0 Å². The summed E-state index contributed by atoms with van der Waals surface area (Å²) >= 11 is 3.46. The summed E-state index contributed by atoms with van der Waals surface area (Å²) in [6, 6.07) is 6.45. The second-order valence-electron chi connectivity index (χ2n) is 2.76. The molecule has 14 heavy (non-hydrogen) atoms. The van der Waals surface area contributed by atoms with E-state index in [9.17, 15) is 4.39 Å². The fourth-order valence-electron chi connectivity index (χ4n) is 1.08. The van der Waals surface area contributed by atoms with Gasteiger partial charge >= 0.3 is 0 Å². The van der Waals surface area contributed by atoms with E-state index in [4.69, 9.17) is 0 Å². The molecule has 2 aromatic rings. The Labute approximate surface area is 98.5 Å². The molecule has 0 unspecified atom stereocenters. The van der Waals surface area contributed by atoms with Gasteiger partial charge < -0.3 is 0 Å². The second-order valence-corrected chi connectivity index (χ2v) is 4.56. The zero-order valence-corrected chi connectivity index (χ0v) is 10.0. The summed E-state index contributed by atoms with van der Waals surface area (Å²) in [5.41, 5.74) is 1.05. The molecule has 0 aliphatic carbocycles. The van der Waals surface area contributed by atoms with Gasteiger partial charge in [-0.2, -0.15) is 4.37 Å². The normalized spacial score (nSPS) is 10.4. The van der Waals surface area contributed by atoms with Gasteiger partial charge in [0.1, 0.15) is 10.8 Å². The van der Waals surface area contributed by atoms with Crippen molar-refractivity contribution in [3.05, 3.63) is 44.5 Å². The van der Waals surface area contributed by atoms with Gasteiger partial charge in [0.05, 0.1) is 0 Å². The third kappa shape index (κ3) is 2.48. The van der Waals surface area contributed by atoms with Gasteiger partial charge in [0.2, 0.25) is 3.83 Å². The summed E-state index contributed by atoms with van der Waals surface area (Å²) in [6.07, 6.45) is 0.723. The van der Waals surface area contributed by atoms with E-state index >= 15 is 0 Å². The zero-order chi connectivity index (χ0) is 9.97. The summed E-state index contributed by atoms with van der Waals surface area (Å²) < 4.78 is 17.4. The van der Waals surface area contributed by atoms with Crippen LogP contribution in [-0.2, 0) is 6.42 Å². The average molecular weight is 320 g/mol. The van der Waals surface area contributed by atoms with Crippen molar-refractivity contribution < 1.29 is 4.39 Å². The van der Waals surface area contributed by atoms with Crippen molar-refractivity contribution in [2.45, 2.75) is 6.42 Å². The smallest absolute Gasteiger partial charge is 0.203 e. The first-order chi connectivity index (χ1) is 6.74. The van der Waals surface area contributed by atoms with E-state index in [0.717, 1.165) is 20.8 Å². The monoisotopic (exact) mass is 320 g/mol. The van der Waals surface area contributed by atoms with E-state index < -0.39 is 0 Å². The molecule has 0 spiro atoms. The quantitative estimate of drug-likeness (QED) is 0.795. The Morgan fingerprint density at radius 2 is 2.00 bits per heavy atom. The summed E-state index contributed by atoms with van der Waals surface area (Å²) in [7, 11) is 0. The summed E-state index contributed by atoms with van der Waals surface area (Å²) in [5.74, 6) is -0.208. The van der Waals surface area contributed by atoms with Crippen LogP contribution in [0.25, 0.3) is 0 Å². The number of aromatic nitrogens is 2. The minimum Gasteiger partial charge on any atom is -0.214 e. The van der Waals surface area contributed by atoms with E-state index in [1.807, 2.05) is 0 Å². The number of hydrogen-bond donors (Lipinski definition) is 0. The van der Waals surface area contributed by atoms with Crippen LogP contribution in [0.15, 0.2) is 24.3 Å². The van der Waals surface area contributed by atoms with E-state index in [1.54, 1.807) is 12.1 Å². The summed E-state index contributed by atoms with van der Waals surface area (Å²) in [6.45, 7) is 0. The molecule has 0 saturated heterocycles. The number of rotatable bonds is 2. The van der Waals surface area contributed by atoms with Crippen LogP contribution >= 0.6 is 34.1 Å². The molecule has 72 valence electrons. The second kappa shape index (κ2) is 4.31. The average Bonchev–Trinajstić information content (AvgIpc) is 2.56. The fourth-order valence-corrected chi connectivity index (χ4v) is 2.41. The highest BCUT2D eigenvalue weighted by Gasteiger charge is 2.02. The van der Waals surface area contributed by atoms with Gasteiger partial charge in [-0.1, -0.05) is 12.1 Å². The maximum Gasteiger partial charge on any atom is 0.203 e. The standard InChI is InChI=1S/C9H6FIN2S/c10-7-3-1-6(2-4-7)5-8-12-9(11)13-14-8/h1-4H,5H2. The fraction of sp³-hybridized carbons (Fsp3) is 0.111. The summed E-state index contributed by atoms with van der Waals surface area (Å²) in [5, 5.41) is 0.959. The first kappa shape index (κ1) is 9.97. The van der Waals surface area contributed by atoms with Crippen molar-refractivity contribution in [3.63, 3.8) is 0 Å². The van der Waals surface area contributed by atoms with Crippen molar-refractivity contribution in [1.82, 2.24) is 9.36 Å². The Bertz CT molecular complexity index is 427. The highest BCUT2D eigenvalue weighted by atomic mass is 127. The van der Waals surface area contributed by atoms with E-state index in [1.165, 1.54) is 23.7 Å². The zero-order valence-electron chi connectivity index (χ0n) is 7.08. The van der Waals surface area contributed by atoms with Gasteiger partial charge in [-0.05, 0) is 29.2 Å². The topological polar surface area (TPSA) is 25.8 Å². The molecule has 0 aliphatic rings. The third-order valence-corrected chi connectivity index (χ3v) is 3.23. The van der Waals surface area contributed by atoms with Crippen molar-refractivity contribution in [2.75, 3.05) is 0 Å². The highest BCUT2D eigenvalue weighted by Crippen LogP contribution is 2.13. The van der Waals surface area contributed by atoms with Crippen LogP contribution in [0.3, 0.4) is 0 Å². The maximum atomic E-state index is 12.6. The van der Waals surface area contributed by atoms with Crippen LogP contribution in [0.2, 0.25) is 0 Å². The van der Waals surface area contributed by atoms with Crippen LogP contribution in [0.4, 0.5) is 4.39 Å². The lowest BCUT2D eigenvalue weighted by atomic mass is 10.2. The molecule has 0 radical (unpaired) electrons. The van der Waals surface area contributed by atoms with Crippen LogP contribution in [0.1, 0.15) is 10.6 Å². The molecule has 2 nitrogen and oxygen atoms in total. The van der Waals surface area contributed by atoms with Gasteiger partial charge in [-0.25, -0.2) is 9.37 Å². The van der Waals surface area contributed by atoms with E-state index in [-0.39, 0.29) is 5.82 Å². The Hall–Kier alpha value is -0.560. The molecule has 0 aliphatic heterocycles. The van der Waals surface area contributed by atoms with Crippen LogP contribution in [0, 0.1) is 9.65 Å². The van der Waals surface area contributed by atoms with Gasteiger partial charge in [0.15, 0.2) is 0 Å². The number of halogens is 2. The molecule has 1 heterocycles. The third-order valence-electron chi connectivity index (χ3n) is 1.71. The number of hydrogen-bond acceptors (Lipinski definition) is 3. The van der Waals surface area contributed by atoms with Crippen molar-refractivity contribution in [2.24, 2.45) is 0 Å². The van der Waals surface area contributed by atoms with Gasteiger partial charge in [-0.3, -0.25) is 0 Å². The SMILES string of the molecule is Fc1ccc(Cc2nc(I)ns2)cc1. The molecule has 0 amide bonds. The van der Waals surface area contributed by atoms with Gasteiger partial charge in [0, 0.05) is 29.0 Å².